The van der Waals surface area contributed by atoms with Gasteiger partial charge in [-0.25, -0.2) is 4.79 Å². The van der Waals surface area contributed by atoms with Crippen LogP contribution < -0.4 is 0 Å². The van der Waals surface area contributed by atoms with Gasteiger partial charge in [0.1, 0.15) is 0 Å². The second kappa shape index (κ2) is 5.30. The summed E-state index contributed by atoms with van der Waals surface area (Å²) in [6, 6.07) is 26.2. The molecule has 0 bridgehead atoms. The fraction of sp³-hybridized carbons (Fsp3) is 0.0455. The molecule has 1 aliphatic heterocycles. The summed E-state index contributed by atoms with van der Waals surface area (Å²) in [5, 5.41) is 0. The zero-order valence-electron chi connectivity index (χ0n) is 13.2. The first-order valence-corrected chi connectivity index (χ1v) is 9.20. The van der Waals surface area contributed by atoms with Gasteiger partial charge in [-0.2, -0.15) is 0 Å². The van der Waals surface area contributed by atoms with Crippen LogP contribution in [0.4, 0.5) is 0 Å². The van der Waals surface area contributed by atoms with E-state index in [-0.39, 0.29) is 5.97 Å². The predicted octanol–water partition coefficient (Wildman–Crippen LogP) is 5.31. The molecule has 3 heteroatoms. The number of carbonyl (C=O) groups is 1. The van der Waals surface area contributed by atoms with Gasteiger partial charge in [-0.05, 0) is 39.8 Å². The number of rotatable bonds is 1. The lowest BCUT2D eigenvalue weighted by Crippen LogP contribution is -2.26. The molecule has 3 aromatic carbocycles. The number of hydrogen-bond donors (Lipinski definition) is 0. The lowest BCUT2D eigenvalue weighted by atomic mass is 9.87. The number of esters is 1. The first-order valence-electron chi connectivity index (χ1n) is 8.12. The third-order valence-electron chi connectivity index (χ3n) is 4.94. The maximum atomic E-state index is 12.6. The quantitative estimate of drug-likeness (QED) is 0.382. The molecule has 2 aliphatic rings. The van der Waals surface area contributed by atoms with Crippen molar-refractivity contribution in [3.8, 4) is 0 Å². The van der Waals surface area contributed by atoms with Crippen LogP contribution in [0.3, 0.4) is 0 Å². The molecule has 1 spiro atoms. The van der Waals surface area contributed by atoms with Gasteiger partial charge in [0.25, 0.3) is 0 Å². The molecule has 25 heavy (non-hydrogen) atoms. The molecule has 0 amide bonds. The summed E-state index contributed by atoms with van der Waals surface area (Å²) in [6.45, 7) is 0. The molecule has 1 aliphatic carbocycles. The number of hydrogen-bond acceptors (Lipinski definition) is 2. The molecule has 0 fully saturated rings. The van der Waals surface area contributed by atoms with Gasteiger partial charge in [0.15, 0.2) is 5.60 Å². The highest BCUT2D eigenvalue weighted by atomic mass is 127. The zero-order chi connectivity index (χ0) is 17.0. The van der Waals surface area contributed by atoms with Crippen LogP contribution in [-0.4, -0.2) is 5.97 Å². The van der Waals surface area contributed by atoms with Gasteiger partial charge in [-0.15, -0.1) is 0 Å². The summed E-state index contributed by atoms with van der Waals surface area (Å²) in [5.41, 5.74) is 5.20. The topological polar surface area (TPSA) is 26.3 Å². The SMILES string of the molecule is O=C1O[C@@]2(C(I)=C(c3ccccc3)c3ccccc32)c2ccccc21. The summed E-state index contributed by atoms with van der Waals surface area (Å²) >= 11 is 2.36. The van der Waals surface area contributed by atoms with Crippen molar-refractivity contribution in [2.24, 2.45) is 0 Å². The Hall–Kier alpha value is -2.40. The highest BCUT2D eigenvalue weighted by molar-refractivity contribution is 14.1. The van der Waals surface area contributed by atoms with E-state index in [0.29, 0.717) is 5.56 Å². The van der Waals surface area contributed by atoms with Crippen molar-refractivity contribution in [2.75, 3.05) is 0 Å². The fourth-order valence-corrected chi connectivity index (χ4v) is 5.18. The van der Waals surface area contributed by atoms with Crippen LogP contribution in [0.5, 0.6) is 0 Å². The van der Waals surface area contributed by atoms with Crippen LogP contribution in [-0.2, 0) is 10.3 Å². The van der Waals surface area contributed by atoms with Crippen LogP contribution in [0.15, 0.2) is 82.4 Å². The maximum Gasteiger partial charge on any atom is 0.340 e. The number of halogens is 1. The van der Waals surface area contributed by atoms with E-state index >= 15 is 0 Å². The van der Waals surface area contributed by atoms with Crippen molar-refractivity contribution < 1.29 is 9.53 Å². The van der Waals surface area contributed by atoms with E-state index < -0.39 is 5.60 Å². The molecular weight excluding hydrogens is 423 g/mol. The van der Waals surface area contributed by atoms with E-state index in [2.05, 4.69) is 46.9 Å². The molecule has 0 N–H and O–H groups in total. The van der Waals surface area contributed by atoms with Crippen molar-refractivity contribution in [2.45, 2.75) is 5.60 Å². The standard InChI is InChI=1S/C22H13IO2/c23-20-19(14-8-2-1-3-9-14)15-10-4-6-12-17(15)22(20)18-13-7-5-11-16(18)21(24)25-22/h1-13H/t22-/m1/s1. The summed E-state index contributed by atoms with van der Waals surface area (Å²) in [5.74, 6) is -0.256. The molecular formula is C22H13IO2. The van der Waals surface area contributed by atoms with Crippen LogP contribution in [0.2, 0.25) is 0 Å². The van der Waals surface area contributed by atoms with Crippen LogP contribution in [0.25, 0.3) is 5.57 Å². The van der Waals surface area contributed by atoms with Gasteiger partial charge in [-0.1, -0.05) is 72.8 Å². The first-order chi connectivity index (χ1) is 12.2. The summed E-state index contributed by atoms with van der Waals surface area (Å²) in [7, 11) is 0. The van der Waals surface area contributed by atoms with E-state index in [9.17, 15) is 4.79 Å². The number of ether oxygens (including phenoxy) is 1. The van der Waals surface area contributed by atoms with Crippen molar-refractivity contribution in [1.82, 2.24) is 0 Å². The molecule has 1 atom stereocenters. The molecule has 2 nitrogen and oxygen atoms in total. The highest BCUT2D eigenvalue weighted by Crippen LogP contribution is 2.58. The van der Waals surface area contributed by atoms with Crippen LogP contribution in [0.1, 0.15) is 32.6 Å². The van der Waals surface area contributed by atoms with Gasteiger partial charge >= 0.3 is 5.97 Å². The van der Waals surface area contributed by atoms with Crippen molar-refractivity contribution in [1.29, 1.82) is 0 Å². The number of carbonyl (C=O) groups excluding carboxylic acids is 1. The van der Waals surface area contributed by atoms with E-state index in [1.54, 1.807) is 0 Å². The third kappa shape index (κ3) is 1.87. The molecule has 0 saturated carbocycles. The minimum Gasteiger partial charge on any atom is -0.440 e. The van der Waals surface area contributed by atoms with Gasteiger partial charge < -0.3 is 4.74 Å². The fourth-order valence-electron chi connectivity index (χ4n) is 3.89. The van der Waals surface area contributed by atoms with Gasteiger partial charge in [-0.3, -0.25) is 0 Å². The first kappa shape index (κ1) is 14.9. The van der Waals surface area contributed by atoms with E-state index in [0.717, 1.165) is 31.4 Å². The highest BCUT2D eigenvalue weighted by Gasteiger charge is 2.54. The molecule has 0 aromatic heterocycles. The van der Waals surface area contributed by atoms with E-state index in [4.69, 9.17) is 4.74 Å². The number of benzene rings is 3. The number of fused-ring (bicyclic) bond motifs is 4. The smallest absolute Gasteiger partial charge is 0.340 e. The Bertz CT molecular complexity index is 1050. The Morgan fingerprint density at radius 1 is 0.720 bits per heavy atom. The van der Waals surface area contributed by atoms with Gasteiger partial charge in [0, 0.05) is 16.7 Å². The predicted molar refractivity (Wildman–Crippen MR) is 106 cm³/mol. The molecule has 120 valence electrons. The van der Waals surface area contributed by atoms with Crippen molar-refractivity contribution in [3.63, 3.8) is 0 Å². The van der Waals surface area contributed by atoms with Crippen LogP contribution >= 0.6 is 22.6 Å². The molecule has 0 radical (unpaired) electrons. The second-order valence-electron chi connectivity index (χ2n) is 6.22. The third-order valence-corrected chi connectivity index (χ3v) is 6.24. The van der Waals surface area contributed by atoms with Gasteiger partial charge in [0.05, 0.1) is 9.14 Å². The largest absolute Gasteiger partial charge is 0.440 e. The Labute approximate surface area is 159 Å². The molecule has 1 heterocycles. The summed E-state index contributed by atoms with van der Waals surface area (Å²) in [6.07, 6.45) is 0. The lowest BCUT2D eigenvalue weighted by molar-refractivity contribution is 0.0278. The minimum atomic E-state index is -0.823. The Kier molecular flexibility index (Phi) is 3.16. The molecule has 0 saturated heterocycles. The van der Waals surface area contributed by atoms with Crippen LogP contribution in [0, 0.1) is 0 Å². The maximum absolute atomic E-state index is 12.6. The van der Waals surface area contributed by atoms with Crippen molar-refractivity contribution in [3.05, 3.63) is 110 Å². The molecule has 3 aromatic rings. The summed E-state index contributed by atoms with van der Waals surface area (Å²) in [4.78, 5) is 12.6. The van der Waals surface area contributed by atoms with E-state index in [1.165, 1.54) is 0 Å². The Balaban J connectivity index is 1.88. The minimum absolute atomic E-state index is 0.256. The second-order valence-corrected chi connectivity index (χ2v) is 7.30. The average Bonchev–Trinajstić information content (AvgIpc) is 3.10. The average molecular weight is 436 g/mol. The zero-order valence-corrected chi connectivity index (χ0v) is 15.4. The monoisotopic (exact) mass is 436 g/mol. The Morgan fingerprint density at radius 2 is 1.28 bits per heavy atom. The van der Waals surface area contributed by atoms with Gasteiger partial charge in [0.2, 0.25) is 0 Å². The van der Waals surface area contributed by atoms with E-state index in [1.807, 2.05) is 54.6 Å². The van der Waals surface area contributed by atoms with Crippen molar-refractivity contribution >= 4 is 34.1 Å². The molecule has 0 unspecified atom stereocenters. The molecule has 5 rings (SSSR count). The normalized spacial score (nSPS) is 20.6. The summed E-state index contributed by atoms with van der Waals surface area (Å²) < 4.78 is 7.10. The lowest BCUT2D eigenvalue weighted by Gasteiger charge is -2.26. The Morgan fingerprint density at radius 3 is 2.00 bits per heavy atom.